The molecule has 5 rings (SSSR count). The van der Waals surface area contributed by atoms with Crippen LogP contribution in [0.3, 0.4) is 0 Å². The first kappa shape index (κ1) is 19.6. The van der Waals surface area contributed by atoms with Crippen molar-refractivity contribution >= 4 is 33.6 Å². The van der Waals surface area contributed by atoms with Crippen molar-refractivity contribution in [3.63, 3.8) is 0 Å². The Labute approximate surface area is 177 Å². The maximum absolute atomic E-state index is 13.2. The van der Waals surface area contributed by atoms with Gasteiger partial charge in [0.15, 0.2) is 12.0 Å². The van der Waals surface area contributed by atoms with Crippen molar-refractivity contribution in [3.05, 3.63) is 48.2 Å². The minimum absolute atomic E-state index is 0.261. The quantitative estimate of drug-likeness (QED) is 0.493. The summed E-state index contributed by atoms with van der Waals surface area (Å²) in [6, 6.07) is 5.55. The molecule has 1 aliphatic rings. The molecule has 1 saturated carbocycles. The largest absolute Gasteiger partial charge is 0.443 e. The van der Waals surface area contributed by atoms with Gasteiger partial charge in [-0.05, 0) is 43.5 Å². The lowest BCUT2D eigenvalue weighted by molar-refractivity contribution is -0.117. The standard InChI is InChI=1S/C23H21FN4O3/c1-3-19(29)18-4-11(2)16(9-25-18)14-5-12-8-26-20(28-23(30)15-6-17(15)24)7-13(12)22-21(14)27-10-31-22/h4-5,7-10,15,17,19,29H,3,6H2,1-2H3,(H,26,28,30)/t15-,17+,19-/m0/s1. The summed E-state index contributed by atoms with van der Waals surface area (Å²) in [7, 11) is 0. The lowest BCUT2D eigenvalue weighted by atomic mass is 9.97. The van der Waals surface area contributed by atoms with Gasteiger partial charge in [-0.25, -0.2) is 14.4 Å². The number of nitrogens with zero attached hydrogens (tertiary/aromatic N) is 3. The number of alkyl halides is 1. The number of aliphatic hydroxyl groups is 1. The van der Waals surface area contributed by atoms with Gasteiger partial charge in [0.1, 0.15) is 17.5 Å². The Morgan fingerprint density at radius 1 is 1.26 bits per heavy atom. The number of aliphatic hydroxyl groups excluding tert-OH is 1. The van der Waals surface area contributed by atoms with Crippen LogP contribution in [0.25, 0.3) is 33.0 Å². The van der Waals surface area contributed by atoms with E-state index < -0.39 is 18.2 Å². The highest BCUT2D eigenvalue weighted by molar-refractivity contribution is 6.10. The van der Waals surface area contributed by atoms with Gasteiger partial charge in [0.25, 0.3) is 0 Å². The van der Waals surface area contributed by atoms with Gasteiger partial charge < -0.3 is 14.8 Å². The minimum Gasteiger partial charge on any atom is -0.443 e. The topological polar surface area (TPSA) is 101 Å². The van der Waals surface area contributed by atoms with Gasteiger partial charge in [-0.2, -0.15) is 0 Å². The van der Waals surface area contributed by atoms with Gasteiger partial charge in [0.05, 0.1) is 17.7 Å². The van der Waals surface area contributed by atoms with E-state index in [9.17, 15) is 14.3 Å². The fourth-order valence-electron chi connectivity index (χ4n) is 3.81. The van der Waals surface area contributed by atoms with Gasteiger partial charge in [0, 0.05) is 34.3 Å². The highest BCUT2D eigenvalue weighted by Crippen LogP contribution is 2.37. The molecule has 1 aromatic carbocycles. The molecular formula is C23H21FN4O3. The molecule has 1 fully saturated rings. The normalized spacial score (nSPS) is 19.0. The number of amides is 1. The fourth-order valence-corrected chi connectivity index (χ4v) is 3.81. The van der Waals surface area contributed by atoms with Crippen molar-refractivity contribution < 1.29 is 18.7 Å². The zero-order chi connectivity index (χ0) is 21.7. The zero-order valence-electron chi connectivity index (χ0n) is 17.1. The van der Waals surface area contributed by atoms with Crippen LogP contribution in [0.1, 0.15) is 37.1 Å². The van der Waals surface area contributed by atoms with Crippen LogP contribution >= 0.6 is 0 Å². The summed E-state index contributed by atoms with van der Waals surface area (Å²) in [4.78, 5) is 25.2. The number of nitrogens with one attached hydrogen (secondary N) is 1. The summed E-state index contributed by atoms with van der Waals surface area (Å²) < 4.78 is 18.8. The van der Waals surface area contributed by atoms with E-state index in [-0.39, 0.29) is 12.3 Å². The molecule has 4 aromatic rings. The van der Waals surface area contributed by atoms with Crippen LogP contribution in [0, 0.1) is 12.8 Å². The Morgan fingerprint density at radius 3 is 2.77 bits per heavy atom. The Hall–Kier alpha value is -3.39. The molecule has 8 heteroatoms. The van der Waals surface area contributed by atoms with Gasteiger partial charge in [-0.3, -0.25) is 9.78 Å². The first-order valence-electron chi connectivity index (χ1n) is 10.2. The van der Waals surface area contributed by atoms with Crippen LogP contribution in [0.2, 0.25) is 0 Å². The highest BCUT2D eigenvalue weighted by Gasteiger charge is 2.43. The van der Waals surface area contributed by atoms with Crippen LogP contribution < -0.4 is 5.32 Å². The van der Waals surface area contributed by atoms with Crippen LogP contribution in [-0.4, -0.2) is 32.1 Å². The summed E-state index contributed by atoms with van der Waals surface area (Å²) >= 11 is 0. The molecule has 0 radical (unpaired) electrons. The van der Waals surface area contributed by atoms with Crippen molar-refractivity contribution in [1.29, 1.82) is 0 Å². The van der Waals surface area contributed by atoms with Gasteiger partial charge >= 0.3 is 0 Å². The molecule has 0 aliphatic heterocycles. The van der Waals surface area contributed by atoms with Crippen LogP contribution in [0.4, 0.5) is 10.2 Å². The van der Waals surface area contributed by atoms with E-state index in [1.165, 1.54) is 6.39 Å². The number of pyridine rings is 2. The number of hydrogen-bond acceptors (Lipinski definition) is 6. The van der Waals surface area contributed by atoms with Crippen LogP contribution in [-0.2, 0) is 4.79 Å². The number of rotatable bonds is 5. The summed E-state index contributed by atoms with van der Waals surface area (Å²) in [5.41, 5.74) is 4.55. The number of aryl methyl sites for hydroxylation is 1. The van der Waals surface area contributed by atoms with Crippen molar-refractivity contribution in [3.8, 4) is 11.1 Å². The number of carbonyl (C=O) groups excluding carboxylic acids is 1. The predicted molar refractivity (Wildman–Crippen MR) is 114 cm³/mol. The summed E-state index contributed by atoms with van der Waals surface area (Å²) in [6.45, 7) is 3.87. The molecule has 0 bridgehead atoms. The number of hydrogen-bond donors (Lipinski definition) is 2. The third-order valence-corrected chi connectivity index (χ3v) is 5.75. The van der Waals surface area contributed by atoms with Crippen molar-refractivity contribution in [2.24, 2.45) is 5.92 Å². The van der Waals surface area contributed by atoms with Gasteiger partial charge in [-0.15, -0.1) is 0 Å². The molecule has 0 saturated heterocycles. The molecule has 158 valence electrons. The maximum atomic E-state index is 13.2. The average Bonchev–Trinajstić information content (AvgIpc) is 3.30. The van der Waals surface area contributed by atoms with Crippen molar-refractivity contribution in [2.75, 3.05) is 5.32 Å². The predicted octanol–water partition coefficient (Wildman–Crippen LogP) is 4.49. The number of oxazole rings is 1. The Kier molecular flexibility index (Phi) is 4.66. The smallest absolute Gasteiger partial charge is 0.231 e. The molecule has 1 aliphatic carbocycles. The third kappa shape index (κ3) is 3.42. The average molecular weight is 420 g/mol. The molecule has 0 spiro atoms. The SMILES string of the molecule is CC[C@H](O)c1cc(C)c(-c2cc3cnc(NC(=O)[C@H]4C[C@H]4F)cc3c3ocnc23)cn1. The molecule has 31 heavy (non-hydrogen) atoms. The second-order valence-electron chi connectivity index (χ2n) is 7.94. The van der Waals surface area contributed by atoms with E-state index in [0.717, 1.165) is 27.5 Å². The summed E-state index contributed by atoms with van der Waals surface area (Å²) in [6.07, 6.45) is 3.95. The molecule has 7 nitrogen and oxygen atoms in total. The number of anilines is 1. The van der Waals surface area contributed by atoms with E-state index in [1.54, 1.807) is 18.5 Å². The van der Waals surface area contributed by atoms with E-state index in [1.807, 2.05) is 26.0 Å². The minimum atomic E-state index is -1.06. The molecule has 3 aromatic heterocycles. The van der Waals surface area contributed by atoms with E-state index in [0.29, 0.717) is 29.0 Å². The number of fused-ring (bicyclic) bond motifs is 3. The molecule has 3 heterocycles. The number of benzene rings is 1. The van der Waals surface area contributed by atoms with E-state index >= 15 is 0 Å². The van der Waals surface area contributed by atoms with E-state index in [2.05, 4.69) is 20.3 Å². The maximum Gasteiger partial charge on any atom is 0.231 e. The Balaban J connectivity index is 1.58. The number of carbonyl (C=O) groups is 1. The Bertz CT molecular complexity index is 1320. The van der Waals surface area contributed by atoms with Gasteiger partial charge in [0.2, 0.25) is 5.91 Å². The summed E-state index contributed by atoms with van der Waals surface area (Å²) in [5.74, 6) is -0.603. The Morgan fingerprint density at radius 2 is 2.06 bits per heavy atom. The van der Waals surface area contributed by atoms with Gasteiger partial charge in [-0.1, -0.05) is 6.92 Å². The monoisotopic (exact) mass is 420 g/mol. The number of halogens is 1. The molecule has 0 unspecified atom stereocenters. The highest BCUT2D eigenvalue weighted by atomic mass is 19.1. The summed E-state index contributed by atoms with van der Waals surface area (Å²) in [5, 5.41) is 14.3. The lowest BCUT2D eigenvalue weighted by Gasteiger charge is -2.13. The molecule has 3 atom stereocenters. The fraction of sp³-hybridized carbons (Fsp3) is 0.304. The first-order chi connectivity index (χ1) is 15.0. The second-order valence-corrected chi connectivity index (χ2v) is 7.94. The van der Waals surface area contributed by atoms with Crippen molar-refractivity contribution in [2.45, 2.75) is 39.0 Å². The molecule has 2 N–H and O–H groups in total. The molecular weight excluding hydrogens is 399 g/mol. The molecule has 1 amide bonds. The zero-order valence-corrected chi connectivity index (χ0v) is 17.1. The first-order valence-corrected chi connectivity index (χ1v) is 10.2. The van der Waals surface area contributed by atoms with Crippen LogP contribution in [0.15, 0.2) is 41.4 Å². The van der Waals surface area contributed by atoms with Crippen molar-refractivity contribution in [1.82, 2.24) is 15.0 Å². The van der Waals surface area contributed by atoms with E-state index in [4.69, 9.17) is 4.42 Å². The number of aromatic nitrogens is 3. The lowest BCUT2D eigenvalue weighted by Crippen LogP contribution is -2.15. The third-order valence-electron chi connectivity index (χ3n) is 5.75. The van der Waals surface area contributed by atoms with Crippen LogP contribution in [0.5, 0.6) is 0 Å². The second kappa shape index (κ2) is 7.39.